The SMILES string of the molecule is CCCCOc1c2n(cc(C(=O)NCc3ccc(F)cc3F)c1=O)C1(CCN(C)C1)CN(C)C2=O. The van der Waals surface area contributed by atoms with Crippen molar-refractivity contribution in [2.24, 2.45) is 0 Å². The number of nitrogens with one attached hydrogen (secondary N) is 1. The van der Waals surface area contributed by atoms with Gasteiger partial charge in [-0.25, -0.2) is 8.78 Å². The maximum atomic E-state index is 14.0. The van der Waals surface area contributed by atoms with Gasteiger partial charge in [-0.2, -0.15) is 0 Å². The minimum Gasteiger partial charge on any atom is -0.487 e. The van der Waals surface area contributed by atoms with Gasteiger partial charge in [-0.15, -0.1) is 0 Å². The molecule has 4 rings (SSSR count). The summed E-state index contributed by atoms with van der Waals surface area (Å²) >= 11 is 0. The van der Waals surface area contributed by atoms with Crippen molar-refractivity contribution < 1.29 is 23.1 Å². The highest BCUT2D eigenvalue weighted by Gasteiger charge is 2.47. The quantitative estimate of drug-likeness (QED) is 0.605. The number of hydrogen-bond acceptors (Lipinski definition) is 5. The Morgan fingerprint density at radius 1 is 1.20 bits per heavy atom. The number of likely N-dealkylation sites (tertiary alicyclic amines) is 1. The van der Waals surface area contributed by atoms with Crippen LogP contribution in [0.3, 0.4) is 0 Å². The summed E-state index contributed by atoms with van der Waals surface area (Å²) in [5.74, 6) is -2.71. The standard InChI is InChI=1S/C25H30F2N4O4/c1-4-5-10-35-22-20-24(34)30(3)15-25(8-9-29(2)14-25)31(20)13-18(21(22)32)23(33)28-12-16-6-7-17(26)11-19(16)27/h6-7,11,13H,4-5,8-10,12,14-15H2,1-3H3,(H,28,33). The van der Waals surface area contributed by atoms with Crippen molar-refractivity contribution >= 4 is 11.8 Å². The van der Waals surface area contributed by atoms with E-state index < -0.39 is 28.5 Å². The first-order chi connectivity index (χ1) is 16.7. The molecule has 3 heterocycles. The summed E-state index contributed by atoms with van der Waals surface area (Å²) in [4.78, 5) is 43.5. The lowest BCUT2D eigenvalue weighted by atomic mass is 9.92. The Labute approximate surface area is 202 Å². The second kappa shape index (κ2) is 9.77. The van der Waals surface area contributed by atoms with E-state index in [1.807, 2.05) is 14.0 Å². The molecule has 2 aliphatic rings. The second-order valence-electron chi connectivity index (χ2n) is 9.41. The van der Waals surface area contributed by atoms with Gasteiger partial charge in [0.25, 0.3) is 11.8 Å². The number of halogens is 2. The number of hydrogen-bond donors (Lipinski definition) is 1. The Bertz CT molecular complexity index is 1210. The van der Waals surface area contributed by atoms with Gasteiger partial charge in [-0.1, -0.05) is 19.4 Å². The predicted molar refractivity (Wildman–Crippen MR) is 126 cm³/mol. The Morgan fingerprint density at radius 2 is 1.97 bits per heavy atom. The van der Waals surface area contributed by atoms with E-state index in [4.69, 9.17) is 4.74 Å². The maximum absolute atomic E-state index is 14.0. The molecule has 188 valence electrons. The summed E-state index contributed by atoms with van der Waals surface area (Å²) in [5.41, 5.74) is -1.15. The topological polar surface area (TPSA) is 83.9 Å². The molecule has 8 nitrogen and oxygen atoms in total. The first kappa shape index (κ1) is 24.8. The molecule has 1 unspecified atom stereocenters. The smallest absolute Gasteiger partial charge is 0.274 e. The van der Waals surface area contributed by atoms with Gasteiger partial charge in [0.2, 0.25) is 5.43 Å². The number of likely N-dealkylation sites (N-methyl/N-ethyl adjacent to an activating group) is 2. The number of carbonyl (C=O) groups excluding carboxylic acids is 2. The van der Waals surface area contributed by atoms with E-state index in [-0.39, 0.29) is 41.6 Å². The van der Waals surface area contributed by atoms with Crippen molar-refractivity contribution in [3.63, 3.8) is 0 Å². The third-order valence-electron chi connectivity index (χ3n) is 6.72. The van der Waals surface area contributed by atoms with Crippen LogP contribution >= 0.6 is 0 Å². The first-order valence-corrected chi connectivity index (χ1v) is 11.8. The van der Waals surface area contributed by atoms with Crippen molar-refractivity contribution in [2.75, 3.05) is 40.3 Å². The lowest BCUT2D eigenvalue weighted by molar-refractivity contribution is 0.0606. The number of amides is 2. The molecule has 2 aliphatic heterocycles. The highest BCUT2D eigenvalue weighted by atomic mass is 19.1. The van der Waals surface area contributed by atoms with Gasteiger partial charge in [0, 0.05) is 51.1 Å². The average Bonchev–Trinajstić information content (AvgIpc) is 3.18. The van der Waals surface area contributed by atoms with Gasteiger partial charge >= 0.3 is 0 Å². The third-order valence-corrected chi connectivity index (χ3v) is 6.72. The predicted octanol–water partition coefficient (Wildman–Crippen LogP) is 2.35. The van der Waals surface area contributed by atoms with E-state index in [1.165, 1.54) is 12.3 Å². The van der Waals surface area contributed by atoms with Crippen molar-refractivity contribution in [2.45, 2.75) is 38.3 Å². The van der Waals surface area contributed by atoms with Gasteiger partial charge in [0.1, 0.15) is 17.2 Å². The fourth-order valence-corrected chi connectivity index (χ4v) is 4.87. The molecule has 1 saturated heterocycles. The van der Waals surface area contributed by atoms with Crippen molar-refractivity contribution in [1.29, 1.82) is 0 Å². The molecular weight excluding hydrogens is 458 g/mol. The lowest BCUT2D eigenvalue weighted by Gasteiger charge is -2.42. The van der Waals surface area contributed by atoms with Crippen LogP contribution in [0.15, 0.2) is 29.2 Å². The van der Waals surface area contributed by atoms with Crippen LogP contribution in [-0.2, 0) is 12.1 Å². The van der Waals surface area contributed by atoms with Crippen molar-refractivity contribution in [1.82, 2.24) is 19.7 Å². The number of fused-ring (bicyclic) bond motifs is 2. The molecule has 10 heteroatoms. The van der Waals surface area contributed by atoms with E-state index in [2.05, 4.69) is 10.2 Å². The molecule has 1 fully saturated rings. The summed E-state index contributed by atoms with van der Waals surface area (Å²) in [5, 5.41) is 2.55. The molecule has 0 aliphatic carbocycles. The molecule has 1 N–H and O–H groups in total. The highest BCUT2D eigenvalue weighted by molar-refractivity contribution is 5.99. The molecule has 0 bridgehead atoms. The van der Waals surface area contributed by atoms with E-state index in [0.717, 1.165) is 31.5 Å². The van der Waals surface area contributed by atoms with E-state index in [1.54, 1.807) is 16.5 Å². The Balaban J connectivity index is 1.77. The van der Waals surface area contributed by atoms with Gasteiger partial charge in [0.05, 0.1) is 12.1 Å². The number of pyridine rings is 1. The van der Waals surface area contributed by atoms with E-state index in [0.29, 0.717) is 19.5 Å². The summed E-state index contributed by atoms with van der Waals surface area (Å²) < 4.78 is 34.8. The molecule has 1 atom stereocenters. The highest BCUT2D eigenvalue weighted by Crippen LogP contribution is 2.37. The number of ether oxygens (including phenoxy) is 1. The van der Waals surface area contributed by atoms with Crippen molar-refractivity contribution in [3.8, 4) is 5.75 Å². The summed E-state index contributed by atoms with van der Waals surface area (Å²) in [6.45, 7) is 3.85. The molecule has 0 radical (unpaired) electrons. The number of aromatic nitrogens is 1. The van der Waals surface area contributed by atoms with Crippen LogP contribution in [0, 0.1) is 11.6 Å². The van der Waals surface area contributed by atoms with Crippen LogP contribution in [0.5, 0.6) is 5.75 Å². The molecule has 2 amide bonds. The molecule has 1 aromatic heterocycles. The summed E-state index contributed by atoms with van der Waals surface area (Å²) in [6, 6.07) is 3.07. The van der Waals surface area contributed by atoms with Crippen molar-refractivity contribution in [3.05, 3.63) is 63.1 Å². The van der Waals surface area contributed by atoms with Gasteiger partial charge in [-0.05, 0) is 26.0 Å². The number of rotatable bonds is 7. The van der Waals surface area contributed by atoms with Crippen LogP contribution in [0.2, 0.25) is 0 Å². The number of nitrogens with zero attached hydrogens (tertiary/aromatic N) is 3. The normalized spacial score (nSPS) is 19.8. The minimum atomic E-state index is -0.794. The zero-order chi connectivity index (χ0) is 25.3. The maximum Gasteiger partial charge on any atom is 0.274 e. The van der Waals surface area contributed by atoms with Gasteiger partial charge in [0.15, 0.2) is 11.4 Å². The van der Waals surface area contributed by atoms with Crippen LogP contribution in [0.25, 0.3) is 0 Å². The minimum absolute atomic E-state index is 0.0860. The summed E-state index contributed by atoms with van der Waals surface area (Å²) in [6.07, 6.45) is 3.67. The van der Waals surface area contributed by atoms with Crippen LogP contribution in [-0.4, -0.2) is 66.5 Å². The molecule has 35 heavy (non-hydrogen) atoms. The largest absolute Gasteiger partial charge is 0.487 e. The Kier molecular flexibility index (Phi) is 6.93. The number of carbonyl (C=O) groups is 2. The first-order valence-electron chi connectivity index (χ1n) is 11.8. The lowest BCUT2D eigenvalue weighted by Crippen LogP contribution is -2.55. The molecular formula is C25H30F2N4O4. The van der Waals surface area contributed by atoms with E-state index >= 15 is 0 Å². The van der Waals surface area contributed by atoms with E-state index in [9.17, 15) is 23.2 Å². The Hall–Kier alpha value is -3.27. The zero-order valence-electron chi connectivity index (χ0n) is 20.2. The van der Waals surface area contributed by atoms with Crippen LogP contribution in [0.1, 0.15) is 52.6 Å². The fourth-order valence-electron chi connectivity index (χ4n) is 4.87. The molecule has 1 aromatic carbocycles. The number of unbranched alkanes of at least 4 members (excludes halogenated alkanes) is 1. The molecule has 1 spiro atoms. The Morgan fingerprint density at radius 3 is 2.63 bits per heavy atom. The van der Waals surface area contributed by atoms with Crippen LogP contribution in [0.4, 0.5) is 8.78 Å². The average molecular weight is 489 g/mol. The number of benzene rings is 1. The van der Waals surface area contributed by atoms with Crippen LogP contribution < -0.4 is 15.5 Å². The zero-order valence-corrected chi connectivity index (χ0v) is 20.2. The second-order valence-corrected chi connectivity index (χ2v) is 9.41. The molecule has 0 saturated carbocycles. The van der Waals surface area contributed by atoms with Gasteiger partial charge < -0.3 is 24.4 Å². The third kappa shape index (κ3) is 4.67. The monoisotopic (exact) mass is 488 g/mol. The van der Waals surface area contributed by atoms with Gasteiger partial charge in [-0.3, -0.25) is 14.4 Å². The fraction of sp³-hybridized carbons (Fsp3) is 0.480. The summed E-state index contributed by atoms with van der Waals surface area (Å²) in [7, 11) is 3.68. The molecule has 2 aromatic rings.